The standard InChI is InChI=1S/C25H33N3O6/c1-14-10-15(26-24(32)34-25(2,3)4)12-27(11-14)19-9-8-17-20(22(19)33-5)28(16-6-7-16)13-18(21(17)29)23(30)31/h8-9,13-16H,6-7,10-12H2,1-5H3,(H,26,32)(H,30,31)/t14-,15-/m0/s1. The number of amides is 1. The molecular formula is C25H33N3O6. The molecule has 4 rings (SSSR count). The number of pyridine rings is 1. The number of benzene rings is 1. The molecule has 2 N–H and O–H groups in total. The van der Waals surface area contributed by atoms with E-state index in [1.807, 2.05) is 31.4 Å². The zero-order valence-electron chi connectivity index (χ0n) is 20.4. The minimum Gasteiger partial charge on any atom is -0.492 e. The Hall–Kier alpha value is -3.23. The molecule has 184 valence electrons. The Kier molecular flexibility index (Phi) is 6.22. The zero-order chi connectivity index (χ0) is 24.8. The van der Waals surface area contributed by atoms with Crippen LogP contribution in [0.1, 0.15) is 63.4 Å². The number of hydrogen-bond donors (Lipinski definition) is 2. The third-order valence-electron chi connectivity index (χ3n) is 6.22. The molecule has 1 aromatic carbocycles. The van der Waals surface area contributed by atoms with Crippen LogP contribution < -0.4 is 20.4 Å². The molecule has 2 fully saturated rings. The van der Waals surface area contributed by atoms with Crippen molar-refractivity contribution in [2.45, 2.75) is 64.6 Å². The van der Waals surface area contributed by atoms with Crippen LogP contribution in [0, 0.1) is 5.92 Å². The van der Waals surface area contributed by atoms with E-state index >= 15 is 0 Å². The largest absolute Gasteiger partial charge is 0.492 e. The van der Waals surface area contributed by atoms with E-state index in [0.29, 0.717) is 29.1 Å². The number of methoxy groups -OCH3 is 1. The maximum Gasteiger partial charge on any atom is 0.407 e. The molecule has 2 heterocycles. The van der Waals surface area contributed by atoms with Gasteiger partial charge < -0.3 is 29.4 Å². The van der Waals surface area contributed by atoms with E-state index in [2.05, 4.69) is 17.1 Å². The number of nitrogens with one attached hydrogen (secondary N) is 1. The van der Waals surface area contributed by atoms with Gasteiger partial charge in [-0.1, -0.05) is 6.92 Å². The van der Waals surface area contributed by atoms with Crippen LogP contribution in [-0.2, 0) is 4.74 Å². The van der Waals surface area contributed by atoms with E-state index in [-0.39, 0.29) is 17.6 Å². The summed E-state index contributed by atoms with van der Waals surface area (Å²) in [6.45, 7) is 8.94. The molecule has 1 saturated carbocycles. The smallest absolute Gasteiger partial charge is 0.407 e. The van der Waals surface area contributed by atoms with Gasteiger partial charge in [0.05, 0.1) is 23.7 Å². The highest BCUT2D eigenvalue weighted by atomic mass is 16.6. The number of hydrogen-bond acceptors (Lipinski definition) is 6. The second kappa shape index (κ2) is 8.85. The maximum atomic E-state index is 12.9. The molecule has 0 radical (unpaired) electrons. The lowest BCUT2D eigenvalue weighted by Gasteiger charge is -2.39. The number of piperidine rings is 1. The summed E-state index contributed by atoms with van der Waals surface area (Å²) in [5.74, 6) is -0.386. The summed E-state index contributed by atoms with van der Waals surface area (Å²) in [7, 11) is 1.56. The van der Waals surface area contributed by atoms with E-state index in [1.165, 1.54) is 6.20 Å². The molecule has 1 aromatic heterocycles. The number of carbonyl (C=O) groups is 2. The molecule has 34 heavy (non-hydrogen) atoms. The summed E-state index contributed by atoms with van der Waals surface area (Å²) in [5, 5.41) is 12.9. The average molecular weight is 472 g/mol. The Morgan fingerprint density at radius 3 is 2.47 bits per heavy atom. The zero-order valence-corrected chi connectivity index (χ0v) is 20.4. The third-order valence-corrected chi connectivity index (χ3v) is 6.22. The van der Waals surface area contributed by atoms with Crippen molar-refractivity contribution in [1.82, 2.24) is 9.88 Å². The lowest BCUT2D eigenvalue weighted by molar-refractivity contribution is 0.0494. The number of carboxylic acids is 1. The van der Waals surface area contributed by atoms with Crippen LogP contribution in [0.5, 0.6) is 5.75 Å². The fraction of sp³-hybridized carbons (Fsp3) is 0.560. The van der Waals surface area contributed by atoms with Crippen LogP contribution in [0.4, 0.5) is 10.5 Å². The molecule has 0 spiro atoms. The first-order chi connectivity index (χ1) is 16.0. The molecule has 0 unspecified atom stereocenters. The summed E-state index contributed by atoms with van der Waals surface area (Å²) >= 11 is 0. The first kappa shape index (κ1) is 23.9. The third kappa shape index (κ3) is 4.83. The van der Waals surface area contributed by atoms with Gasteiger partial charge in [-0.25, -0.2) is 9.59 Å². The monoisotopic (exact) mass is 471 g/mol. The van der Waals surface area contributed by atoms with Crippen LogP contribution in [0.15, 0.2) is 23.1 Å². The van der Waals surface area contributed by atoms with Crippen LogP contribution in [0.3, 0.4) is 0 Å². The van der Waals surface area contributed by atoms with Gasteiger partial charge >= 0.3 is 12.1 Å². The van der Waals surface area contributed by atoms with E-state index < -0.39 is 23.1 Å². The quantitative estimate of drug-likeness (QED) is 0.683. The van der Waals surface area contributed by atoms with Gasteiger partial charge in [-0.05, 0) is 58.1 Å². The van der Waals surface area contributed by atoms with Crippen LogP contribution in [0.2, 0.25) is 0 Å². The summed E-state index contributed by atoms with van der Waals surface area (Å²) in [6.07, 6.45) is 3.67. The van der Waals surface area contributed by atoms with Crippen LogP contribution in [0.25, 0.3) is 10.9 Å². The van der Waals surface area contributed by atoms with E-state index in [0.717, 1.165) is 31.5 Å². The number of aromatic carboxylic acids is 1. The van der Waals surface area contributed by atoms with Crippen molar-refractivity contribution in [2.24, 2.45) is 5.92 Å². The molecule has 0 bridgehead atoms. The topological polar surface area (TPSA) is 110 Å². The number of fused-ring (bicyclic) bond motifs is 1. The molecule has 2 aliphatic rings. The highest BCUT2D eigenvalue weighted by Gasteiger charge is 2.32. The number of nitrogens with zero attached hydrogens (tertiary/aromatic N) is 2. The highest BCUT2D eigenvalue weighted by molar-refractivity contribution is 5.97. The van der Waals surface area contributed by atoms with Crippen molar-refractivity contribution in [1.29, 1.82) is 0 Å². The lowest BCUT2D eigenvalue weighted by atomic mass is 9.95. The van der Waals surface area contributed by atoms with Crippen molar-refractivity contribution in [3.05, 3.63) is 34.1 Å². The van der Waals surface area contributed by atoms with Crippen molar-refractivity contribution in [2.75, 3.05) is 25.1 Å². The van der Waals surface area contributed by atoms with Gasteiger partial charge in [-0.15, -0.1) is 0 Å². The molecule has 2 atom stereocenters. The predicted molar refractivity (Wildman–Crippen MR) is 129 cm³/mol. The van der Waals surface area contributed by atoms with E-state index in [1.54, 1.807) is 13.2 Å². The molecule has 9 heteroatoms. The van der Waals surface area contributed by atoms with Gasteiger partial charge in [-0.3, -0.25) is 4.79 Å². The average Bonchev–Trinajstić information content (AvgIpc) is 3.56. The molecule has 1 aliphatic heterocycles. The van der Waals surface area contributed by atoms with Crippen molar-refractivity contribution >= 4 is 28.7 Å². The number of carboxylic acid groups (broad SMARTS) is 1. The molecule has 2 aromatic rings. The van der Waals surface area contributed by atoms with E-state index in [9.17, 15) is 19.5 Å². The molecule has 1 aliphatic carbocycles. The molecule has 1 saturated heterocycles. The molecule has 9 nitrogen and oxygen atoms in total. The second-order valence-corrected chi connectivity index (χ2v) is 10.4. The number of anilines is 1. The number of carbonyl (C=O) groups excluding carboxylic acids is 1. The minimum absolute atomic E-state index is 0.112. The van der Waals surface area contributed by atoms with Crippen LogP contribution in [-0.4, -0.2) is 53.6 Å². The highest BCUT2D eigenvalue weighted by Crippen LogP contribution is 2.43. The Bertz CT molecular complexity index is 1180. The maximum absolute atomic E-state index is 12.9. The normalized spacial score (nSPS) is 20.8. The number of aromatic nitrogens is 1. The number of alkyl carbamates (subject to hydrolysis) is 1. The second-order valence-electron chi connectivity index (χ2n) is 10.4. The first-order valence-corrected chi connectivity index (χ1v) is 11.7. The summed E-state index contributed by atoms with van der Waals surface area (Å²) in [6, 6.07) is 3.54. The Labute approximate surface area is 198 Å². The SMILES string of the molecule is COc1c(N2C[C@@H](C)C[C@H](NC(=O)OC(C)(C)C)C2)ccc2c(=O)c(C(=O)O)cn(C3CC3)c12. The Balaban J connectivity index is 1.73. The van der Waals surface area contributed by atoms with Crippen molar-refractivity contribution in [3.8, 4) is 5.75 Å². The van der Waals surface area contributed by atoms with Crippen molar-refractivity contribution in [3.63, 3.8) is 0 Å². The lowest BCUT2D eigenvalue weighted by Crippen LogP contribution is -2.51. The van der Waals surface area contributed by atoms with Gasteiger partial charge in [-0.2, -0.15) is 0 Å². The predicted octanol–water partition coefficient (Wildman–Crippen LogP) is 3.78. The first-order valence-electron chi connectivity index (χ1n) is 11.7. The van der Waals surface area contributed by atoms with Gasteiger partial charge in [0, 0.05) is 31.4 Å². The number of rotatable bonds is 5. The van der Waals surface area contributed by atoms with Gasteiger partial charge in [0.25, 0.3) is 0 Å². The van der Waals surface area contributed by atoms with Gasteiger partial charge in [0.1, 0.15) is 11.2 Å². The van der Waals surface area contributed by atoms with Gasteiger partial charge in [0.2, 0.25) is 5.43 Å². The summed E-state index contributed by atoms with van der Waals surface area (Å²) in [4.78, 5) is 39.1. The Morgan fingerprint density at radius 1 is 1.18 bits per heavy atom. The van der Waals surface area contributed by atoms with Crippen molar-refractivity contribution < 1.29 is 24.2 Å². The molecular weight excluding hydrogens is 438 g/mol. The number of ether oxygens (including phenoxy) is 2. The Morgan fingerprint density at radius 2 is 1.88 bits per heavy atom. The van der Waals surface area contributed by atoms with Gasteiger partial charge in [0.15, 0.2) is 5.75 Å². The van der Waals surface area contributed by atoms with E-state index in [4.69, 9.17) is 9.47 Å². The minimum atomic E-state index is -1.23. The molecule has 1 amide bonds. The fourth-order valence-corrected chi connectivity index (χ4v) is 4.78. The summed E-state index contributed by atoms with van der Waals surface area (Å²) in [5.41, 5.74) is 0.109. The summed E-state index contributed by atoms with van der Waals surface area (Å²) < 4.78 is 13.2. The fourth-order valence-electron chi connectivity index (χ4n) is 4.78. The van der Waals surface area contributed by atoms with Crippen LogP contribution >= 0.6 is 0 Å².